The summed E-state index contributed by atoms with van der Waals surface area (Å²) in [6.07, 6.45) is 3.60. The first-order valence-electron chi connectivity index (χ1n) is 7.66. The molecule has 3 heterocycles. The summed E-state index contributed by atoms with van der Waals surface area (Å²) in [6.45, 7) is 3.78. The molecule has 3 aromatic heterocycles. The van der Waals surface area contributed by atoms with Crippen LogP contribution in [0.25, 0.3) is 17.0 Å². The molecule has 0 aliphatic carbocycles. The number of pyridine rings is 1. The van der Waals surface area contributed by atoms with Crippen molar-refractivity contribution in [3.8, 4) is 23.2 Å². The van der Waals surface area contributed by atoms with Crippen LogP contribution in [0.2, 0.25) is 5.02 Å². The van der Waals surface area contributed by atoms with Crippen molar-refractivity contribution in [3.63, 3.8) is 0 Å². The summed E-state index contributed by atoms with van der Waals surface area (Å²) < 4.78 is 6.95. The highest BCUT2D eigenvalue weighted by Gasteiger charge is 2.07. The van der Waals surface area contributed by atoms with Gasteiger partial charge in [-0.1, -0.05) is 42.2 Å². The quantitative estimate of drug-likeness (QED) is 0.460. The maximum absolute atomic E-state index is 5.99. The van der Waals surface area contributed by atoms with Crippen molar-refractivity contribution in [2.75, 3.05) is 0 Å². The third-order valence-electron chi connectivity index (χ3n) is 3.82. The zero-order valence-electron chi connectivity index (χ0n) is 13.6. The van der Waals surface area contributed by atoms with E-state index in [1.165, 1.54) is 0 Å². The Morgan fingerprint density at radius 1 is 1.12 bits per heavy atom. The predicted molar refractivity (Wildman–Crippen MR) is 102 cm³/mol. The van der Waals surface area contributed by atoms with Gasteiger partial charge in [0.1, 0.15) is 11.3 Å². The molecular formula is C20H17ClN4O. The molecular weight excluding hydrogens is 348 g/mol. The van der Waals surface area contributed by atoms with Crippen LogP contribution < -0.4 is 0 Å². The number of rotatable bonds is 1. The fraction of sp³-hybridized carbons (Fsp3) is 0.150. The van der Waals surface area contributed by atoms with Crippen molar-refractivity contribution in [2.24, 2.45) is 0 Å². The normalized spacial score (nSPS) is 10.3. The Kier molecular flexibility index (Phi) is 4.79. The van der Waals surface area contributed by atoms with Crippen molar-refractivity contribution < 1.29 is 4.52 Å². The molecule has 0 saturated carbocycles. The average molecular weight is 365 g/mol. The number of halogens is 1. The Balaban J connectivity index is 0.00000196. The number of aromatic nitrogens is 4. The van der Waals surface area contributed by atoms with Gasteiger partial charge in [0, 0.05) is 35.3 Å². The van der Waals surface area contributed by atoms with Gasteiger partial charge in [0.15, 0.2) is 0 Å². The molecule has 0 saturated heterocycles. The average Bonchev–Trinajstić information content (AvgIpc) is 3.20. The van der Waals surface area contributed by atoms with E-state index >= 15 is 0 Å². The molecule has 130 valence electrons. The van der Waals surface area contributed by atoms with Gasteiger partial charge in [0.25, 0.3) is 0 Å². The maximum atomic E-state index is 5.99. The highest BCUT2D eigenvalue weighted by atomic mass is 35.5. The Labute approximate surface area is 156 Å². The minimum absolute atomic E-state index is 0. The topological polar surface area (TPSA) is 56.2 Å². The number of imidazole rings is 1. The molecule has 0 N–H and O–H groups in total. The monoisotopic (exact) mass is 364 g/mol. The fourth-order valence-corrected chi connectivity index (χ4v) is 2.65. The summed E-state index contributed by atoms with van der Waals surface area (Å²) in [6, 6.07) is 9.54. The van der Waals surface area contributed by atoms with Gasteiger partial charge in [-0.15, -0.1) is 0 Å². The van der Waals surface area contributed by atoms with Gasteiger partial charge in [0.05, 0.1) is 6.20 Å². The molecule has 0 atom stereocenters. The van der Waals surface area contributed by atoms with Gasteiger partial charge in [0.2, 0.25) is 11.7 Å². The lowest BCUT2D eigenvalue weighted by molar-refractivity contribution is 0.394. The van der Waals surface area contributed by atoms with E-state index < -0.39 is 0 Å². The molecule has 6 heteroatoms. The van der Waals surface area contributed by atoms with Crippen LogP contribution >= 0.6 is 11.6 Å². The summed E-state index contributed by atoms with van der Waals surface area (Å²) in [7, 11) is 0. The summed E-state index contributed by atoms with van der Waals surface area (Å²) in [5.41, 5.74) is 4.42. The largest absolute Gasteiger partial charge is 0.339 e. The Hall–Kier alpha value is -3.10. The zero-order valence-corrected chi connectivity index (χ0v) is 14.4. The molecule has 0 spiro atoms. The molecule has 0 unspecified atom stereocenters. The van der Waals surface area contributed by atoms with Crippen LogP contribution in [0, 0.1) is 25.7 Å². The van der Waals surface area contributed by atoms with Crippen molar-refractivity contribution in [2.45, 2.75) is 21.3 Å². The predicted octanol–water partition coefficient (Wildman–Crippen LogP) is 4.69. The lowest BCUT2D eigenvalue weighted by atomic mass is 10.0. The van der Waals surface area contributed by atoms with Crippen LogP contribution in [0.5, 0.6) is 0 Å². The molecule has 0 radical (unpaired) electrons. The third kappa shape index (κ3) is 3.32. The van der Waals surface area contributed by atoms with Crippen LogP contribution in [0.1, 0.15) is 30.1 Å². The van der Waals surface area contributed by atoms with E-state index in [1.807, 2.05) is 41.8 Å². The summed E-state index contributed by atoms with van der Waals surface area (Å²) in [4.78, 5) is 8.58. The lowest BCUT2D eigenvalue weighted by Gasteiger charge is -2.00. The van der Waals surface area contributed by atoms with Gasteiger partial charge in [-0.25, -0.2) is 4.98 Å². The minimum atomic E-state index is 0. The van der Waals surface area contributed by atoms with Crippen LogP contribution in [0.15, 0.2) is 47.2 Å². The van der Waals surface area contributed by atoms with Crippen molar-refractivity contribution >= 4 is 17.2 Å². The summed E-state index contributed by atoms with van der Waals surface area (Å²) >= 11 is 5.99. The van der Waals surface area contributed by atoms with Gasteiger partial charge in [-0.05, 0) is 30.5 Å². The van der Waals surface area contributed by atoms with Crippen LogP contribution in [-0.4, -0.2) is 19.5 Å². The molecule has 0 bridgehead atoms. The number of hydrogen-bond donors (Lipinski definition) is 0. The van der Waals surface area contributed by atoms with E-state index in [0.29, 0.717) is 16.7 Å². The molecule has 0 fully saturated rings. The van der Waals surface area contributed by atoms with Crippen LogP contribution in [0.3, 0.4) is 0 Å². The second-order valence-electron chi connectivity index (χ2n) is 5.63. The number of nitrogens with zero attached hydrogens (tertiary/aromatic N) is 4. The third-order valence-corrected chi connectivity index (χ3v) is 4.06. The van der Waals surface area contributed by atoms with Crippen molar-refractivity contribution in [3.05, 3.63) is 70.5 Å². The minimum Gasteiger partial charge on any atom is -0.339 e. The molecule has 0 aliphatic heterocycles. The SMILES string of the molecule is C.Cc1nc(-c2ccc(C)c(C#Cc3cnc4cc(Cl)ccn34)c2)no1. The maximum Gasteiger partial charge on any atom is 0.223 e. The lowest BCUT2D eigenvalue weighted by Crippen LogP contribution is -1.89. The smallest absolute Gasteiger partial charge is 0.223 e. The number of benzene rings is 1. The highest BCUT2D eigenvalue weighted by Crippen LogP contribution is 2.19. The second-order valence-corrected chi connectivity index (χ2v) is 6.07. The zero-order chi connectivity index (χ0) is 17.4. The number of hydrogen-bond acceptors (Lipinski definition) is 4. The summed E-state index contributed by atoms with van der Waals surface area (Å²) in [5, 5.41) is 4.60. The first kappa shape index (κ1) is 17.7. The highest BCUT2D eigenvalue weighted by molar-refractivity contribution is 6.30. The Morgan fingerprint density at radius 3 is 2.73 bits per heavy atom. The van der Waals surface area contributed by atoms with E-state index in [4.69, 9.17) is 16.1 Å². The molecule has 4 rings (SSSR count). The molecule has 26 heavy (non-hydrogen) atoms. The van der Waals surface area contributed by atoms with Gasteiger partial charge in [-0.3, -0.25) is 4.40 Å². The van der Waals surface area contributed by atoms with Crippen LogP contribution in [0.4, 0.5) is 0 Å². The first-order chi connectivity index (χ1) is 12.1. The van der Waals surface area contributed by atoms with Gasteiger partial charge >= 0.3 is 0 Å². The molecule has 4 aromatic rings. The number of fused-ring (bicyclic) bond motifs is 1. The first-order valence-corrected chi connectivity index (χ1v) is 8.04. The van der Waals surface area contributed by atoms with Crippen molar-refractivity contribution in [1.29, 1.82) is 0 Å². The fourth-order valence-electron chi connectivity index (χ4n) is 2.49. The molecule has 5 nitrogen and oxygen atoms in total. The van der Waals surface area contributed by atoms with Crippen molar-refractivity contribution in [1.82, 2.24) is 19.5 Å². The van der Waals surface area contributed by atoms with Gasteiger partial charge in [-0.2, -0.15) is 4.98 Å². The van der Waals surface area contributed by atoms with E-state index in [1.54, 1.807) is 19.2 Å². The van der Waals surface area contributed by atoms with Crippen LogP contribution in [-0.2, 0) is 0 Å². The Bertz CT molecular complexity index is 1150. The van der Waals surface area contributed by atoms with E-state index in [-0.39, 0.29) is 7.43 Å². The standard InChI is InChI=1S/C19H13ClN4O.CH4/c1-12-3-4-15(19-22-13(2)25-23-19)9-14(12)5-6-17-11-21-18-10-16(20)7-8-24(17)18;/h3-4,7-11H,1-2H3;1H4. The molecule has 0 aliphatic rings. The van der Waals surface area contributed by atoms with Gasteiger partial charge < -0.3 is 4.52 Å². The Morgan fingerprint density at radius 2 is 1.96 bits per heavy atom. The number of aryl methyl sites for hydroxylation is 2. The van der Waals surface area contributed by atoms with E-state index in [2.05, 4.69) is 27.0 Å². The summed E-state index contributed by atoms with van der Waals surface area (Å²) in [5.74, 6) is 7.48. The molecule has 1 aromatic carbocycles. The molecule has 0 amide bonds. The van der Waals surface area contributed by atoms with E-state index in [9.17, 15) is 0 Å². The van der Waals surface area contributed by atoms with E-state index in [0.717, 1.165) is 28.0 Å². The second kappa shape index (κ2) is 7.03.